The van der Waals surface area contributed by atoms with Gasteiger partial charge in [0, 0.05) is 37.9 Å². The molecule has 0 aliphatic carbocycles. The van der Waals surface area contributed by atoms with Crippen molar-refractivity contribution in [2.24, 2.45) is 5.73 Å². The van der Waals surface area contributed by atoms with Gasteiger partial charge in [0.1, 0.15) is 0 Å². The van der Waals surface area contributed by atoms with Crippen LogP contribution >= 0.6 is 0 Å². The van der Waals surface area contributed by atoms with E-state index in [2.05, 4.69) is 5.32 Å². The van der Waals surface area contributed by atoms with E-state index in [1.807, 2.05) is 50.2 Å². The fraction of sp³-hybridized carbons (Fsp3) is 0.500. The Balaban J connectivity index is 2.40. The molecule has 0 saturated carbocycles. The Labute approximate surface area is 109 Å². The van der Waals surface area contributed by atoms with E-state index < -0.39 is 0 Å². The summed E-state index contributed by atoms with van der Waals surface area (Å²) in [7, 11) is 3.98. The normalized spacial score (nSPS) is 12.0. The van der Waals surface area contributed by atoms with Crippen molar-refractivity contribution in [3.05, 3.63) is 24.3 Å². The third-order valence-corrected chi connectivity index (χ3v) is 2.73. The summed E-state index contributed by atoms with van der Waals surface area (Å²) >= 11 is 0. The first-order chi connectivity index (χ1) is 8.49. The molecule has 0 aromatic heterocycles. The number of rotatable bonds is 6. The molecule has 0 saturated heterocycles. The number of nitrogens with one attached hydrogen (secondary N) is 1. The molecule has 0 aliphatic heterocycles. The lowest BCUT2D eigenvalue weighted by atomic mass is 10.1. The molecule has 1 amide bonds. The first kappa shape index (κ1) is 14.5. The van der Waals surface area contributed by atoms with Gasteiger partial charge >= 0.3 is 0 Å². The second-order valence-electron chi connectivity index (χ2n) is 4.86. The molecule has 4 heteroatoms. The summed E-state index contributed by atoms with van der Waals surface area (Å²) in [5.74, 6) is 0.0493. The van der Waals surface area contributed by atoms with Crippen LogP contribution in [0, 0.1) is 0 Å². The minimum absolute atomic E-state index is 0.0493. The average Bonchev–Trinajstić information content (AvgIpc) is 2.29. The summed E-state index contributed by atoms with van der Waals surface area (Å²) in [4.78, 5) is 13.7. The highest BCUT2D eigenvalue weighted by Gasteiger charge is 2.03. The van der Waals surface area contributed by atoms with Gasteiger partial charge in [-0.3, -0.25) is 4.79 Å². The maximum atomic E-state index is 11.7. The van der Waals surface area contributed by atoms with Crippen molar-refractivity contribution in [2.75, 3.05) is 24.3 Å². The number of hydrogen-bond donors (Lipinski definition) is 2. The zero-order valence-electron chi connectivity index (χ0n) is 11.4. The number of hydrogen-bond acceptors (Lipinski definition) is 3. The van der Waals surface area contributed by atoms with Crippen LogP contribution in [0.4, 0.5) is 11.4 Å². The quantitative estimate of drug-likeness (QED) is 0.812. The van der Waals surface area contributed by atoms with Crippen LogP contribution in [-0.4, -0.2) is 26.0 Å². The number of anilines is 2. The van der Waals surface area contributed by atoms with Gasteiger partial charge in [0.15, 0.2) is 0 Å². The molecule has 100 valence electrons. The molecule has 0 aliphatic rings. The first-order valence-corrected chi connectivity index (χ1v) is 6.32. The summed E-state index contributed by atoms with van der Waals surface area (Å²) in [5.41, 5.74) is 7.59. The van der Waals surface area contributed by atoms with Crippen molar-refractivity contribution >= 4 is 17.3 Å². The summed E-state index contributed by atoms with van der Waals surface area (Å²) < 4.78 is 0. The van der Waals surface area contributed by atoms with Gasteiger partial charge in [-0.15, -0.1) is 0 Å². The van der Waals surface area contributed by atoms with E-state index >= 15 is 0 Å². The molecule has 1 unspecified atom stereocenters. The van der Waals surface area contributed by atoms with E-state index in [4.69, 9.17) is 5.73 Å². The minimum atomic E-state index is 0.0493. The summed E-state index contributed by atoms with van der Waals surface area (Å²) in [6.45, 7) is 1.96. The summed E-state index contributed by atoms with van der Waals surface area (Å²) in [6, 6.07) is 7.96. The maximum absolute atomic E-state index is 11.7. The number of carbonyl (C=O) groups is 1. The molecule has 1 aromatic rings. The molecule has 0 spiro atoms. The molecule has 1 aromatic carbocycles. The van der Waals surface area contributed by atoms with Crippen LogP contribution in [0.1, 0.15) is 26.2 Å². The third kappa shape index (κ3) is 5.19. The van der Waals surface area contributed by atoms with Crippen molar-refractivity contribution in [1.82, 2.24) is 0 Å². The lowest BCUT2D eigenvalue weighted by Gasteiger charge is -2.13. The van der Waals surface area contributed by atoms with Crippen LogP contribution in [0.5, 0.6) is 0 Å². The molecule has 0 heterocycles. The molecule has 3 N–H and O–H groups in total. The molecule has 0 bridgehead atoms. The Morgan fingerprint density at radius 1 is 1.33 bits per heavy atom. The van der Waals surface area contributed by atoms with Crippen molar-refractivity contribution in [3.63, 3.8) is 0 Å². The van der Waals surface area contributed by atoms with E-state index in [-0.39, 0.29) is 11.9 Å². The van der Waals surface area contributed by atoms with E-state index in [0.29, 0.717) is 6.42 Å². The fourth-order valence-corrected chi connectivity index (χ4v) is 1.65. The Kier molecular flexibility index (Phi) is 5.65. The topological polar surface area (TPSA) is 58.4 Å². The highest BCUT2D eigenvalue weighted by Crippen LogP contribution is 2.16. The third-order valence-electron chi connectivity index (χ3n) is 2.73. The van der Waals surface area contributed by atoms with Crippen LogP contribution in [0.15, 0.2) is 24.3 Å². The van der Waals surface area contributed by atoms with Gasteiger partial charge in [-0.1, -0.05) is 0 Å². The van der Waals surface area contributed by atoms with Gasteiger partial charge in [-0.2, -0.15) is 0 Å². The molecular weight excluding hydrogens is 226 g/mol. The number of carbonyl (C=O) groups excluding carboxylic acids is 1. The first-order valence-electron chi connectivity index (χ1n) is 6.32. The SMILES string of the molecule is CC(N)CCCC(=O)Nc1ccc(N(C)C)cc1. The standard InChI is InChI=1S/C14H23N3O/c1-11(15)5-4-6-14(18)16-12-7-9-13(10-8-12)17(2)3/h7-11H,4-6,15H2,1-3H3,(H,16,18). The Bertz CT molecular complexity index is 371. The molecular formula is C14H23N3O. The second kappa shape index (κ2) is 7.01. The monoisotopic (exact) mass is 249 g/mol. The Hall–Kier alpha value is -1.55. The smallest absolute Gasteiger partial charge is 0.224 e. The largest absolute Gasteiger partial charge is 0.378 e. The molecule has 0 radical (unpaired) electrons. The zero-order valence-corrected chi connectivity index (χ0v) is 11.4. The average molecular weight is 249 g/mol. The van der Waals surface area contributed by atoms with Crippen molar-refractivity contribution in [3.8, 4) is 0 Å². The number of amides is 1. The lowest BCUT2D eigenvalue weighted by Crippen LogP contribution is -2.16. The molecule has 1 rings (SSSR count). The van der Waals surface area contributed by atoms with Crippen LogP contribution in [-0.2, 0) is 4.79 Å². The van der Waals surface area contributed by atoms with Gasteiger partial charge < -0.3 is 16.0 Å². The van der Waals surface area contributed by atoms with E-state index in [0.717, 1.165) is 24.2 Å². The van der Waals surface area contributed by atoms with Crippen LogP contribution < -0.4 is 16.0 Å². The van der Waals surface area contributed by atoms with E-state index in [1.54, 1.807) is 0 Å². The Morgan fingerprint density at radius 3 is 2.44 bits per heavy atom. The Morgan fingerprint density at radius 2 is 1.94 bits per heavy atom. The molecule has 18 heavy (non-hydrogen) atoms. The second-order valence-corrected chi connectivity index (χ2v) is 4.86. The number of nitrogens with zero attached hydrogens (tertiary/aromatic N) is 1. The van der Waals surface area contributed by atoms with Gasteiger partial charge in [-0.05, 0) is 44.0 Å². The fourth-order valence-electron chi connectivity index (χ4n) is 1.65. The van der Waals surface area contributed by atoms with Crippen molar-refractivity contribution < 1.29 is 4.79 Å². The van der Waals surface area contributed by atoms with Crippen molar-refractivity contribution in [2.45, 2.75) is 32.2 Å². The molecule has 4 nitrogen and oxygen atoms in total. The predicted octanol–water partition coefficient (Wildman–Crippen LogP) is 2.21. The maximum Gasteiger partial charge on any atom is 0.224 e. The van der Waals surface area contributed by atoms with Gasteiger partial charge in [-0.25, -0.2) is 0 Å². The summed E-state index contributed by atoms with van der Waals surface area (Å²) in [5, 5.41) is 2.88. The van der Waals surface area contributed by atoms with Gasteiger partial charge in [0.25, 0.3) is 0 Å². The minimum Gasteiger partial charge on any atom is -0.378 e. The highest BCUT2D eigenvalue weighted by molar-refractivity contribution is 5.90. The lowest BCUT2D eigenvalue weighted by molar-refractivity contribution is -0.116. The predicted molar refractivity (Wildman–Crippen MR) is 76.9 cm³/mol. The number of nitrogens with two attached hydrogens (primary N) is 1. The highest BCUT2D eigenvalue weighted by atomic mass is 16.1. The zero-order chi connectivity index (χ0) is 13.5. The van der Waals surface area contributed by atoms with E-state index in [1.165, 1.54) is 0 Å². The molecule has 1 atom stereocenters. The van der Waals surface area contributed by atoms with Gasteiger partial charge in [0.05, 0.1) is 0 Å². The molecule has 0 fully saturated rings. The van der Waals surface area contributed by atoms with Crippen LogP contribution in [0.3, 0.4) is 0 Å². The van der Waals surface area contributed by atoms with Gasteiger partial charge in [0.2, 0.25) is 5.91 Å². The van der Waals surface area contributed by atoms with Crippen LogP contribution in [0.2, 0.25) is 0 Å². The number of benzene rings is 1. The van der Waals surface area contributed by atoms with Crippen LogP contribution in [0.25, 0.3) is 0 Å². The summed E-state index contributed by atoms with van der Waals surface area (Å²) in [6.07, 6.45) is 2.24. The van der Waals surface area contributed by atoms with Crippen molar-refractivity contribution in [1.29, 1.82) is 0 Å². The van der Waals surface area contributed by atoms with E-state index in [9.17, 15) is 4.79 Å².